The molecule has 2 heterocycles. The van der Waals surface area contributed by atoms with Crippen molar-refractivity contribution in [2.45, 2.75) is 45.6 Å². The first-order valence-corrected chi connectivity index (χ1v) is 10.2. The third kappa shape index (κ3) is 4.72. The summed E-state index contributed by atoms with van der Waals surface area (Å²) in [6.07, 6.45) is 1.46. The molecule has 3 amide bonds. The van der Waals surface area contributed by atoms with Gasteiger partial charge in [-0.2, -0.15) is 0 Å². The van der Waals surface area contributed by atoms with Gasteiger partial charge in [0.25, 0.3) is 0 Å². The number of carbonyl (C=O) groups is 3. The van der Waals surface area contributed by atoms with E-state index in [1.54, 1.807) is 0 Å². The Bertz CT molecular complexity index is 726. The van der Waals surface area contributed by atoms with E-state index >= 15 is 0 Å². The summed E-state index contributed by atoms with van der Waals surface area (Å²) >= 11 is 0. The maximum Gasteiger partial charge on any atom is 0.228 e. The SMILES string of the molecule is CC(C)(C)N1CC(C(=O)N2CCCN(C(=O)Cc3ccccc3)CC2)CC1=O. The Labute approximate surface area is 167 Å². The predicted molar refractivity (Wildman–Crippen MR) is 107 cm³/mol. The van der Waals surface area contributed by atoms with Crippen LogP contribution in [0.3, 0.4) is 0 Å². The van der Waals surface area contributed by atoms with Gasteiger partial charge in [-0.05, 0) is 32.8 Å². The molecule has 2 fully saturated rings. The van der Waals surface area contributed by atoms with Crippen molar-refractivity contribution >= 4 is 17.7 Å². The van der Waals surface area contributed by atoms with Gasteiger partial charge in [0.2, 0.25) is 17.7 Å². The molecule has 2 saturated heterocycles. The fraction of sp³-hybridized carbons (Fsp3) is 0.591. The Balaban J connectivity index is 1.55. The normalized spacial score (nSPS) is 21.0. The van der Waals surface area contributed by atoms with Gasteiger partial charge in [-0.15, -0.1) is 0 Å². The maximum atomic E-state index is 13.0. The highest BCUT2D eigenvalue weighted by molar-refractivity contribution is 5.89. The van der Waals surface area contributed by atoms with E-state index in [2.05, 4.69) is 0 Å². The van der Waals surface area contributed by atoms with Gasteiger partial charge in [0.15, 0.2) is 0 Å². The summed E-state index contributed by atoms with van der Waals surface area (Å²) in [4.78, 5) is 43.4. The zero-order valence-electron chi connectivity index (χ0n) is 17.2. The second-order valence-corrected chi connectivity index (χ2v) is 8.80. The maximum absolute atomic E-state index is 13.0. The summed E-state index contributed by atoms with van der Waals surface area (Å²) in [6.45, 7) is 8.91. The summed E-state index contributed by atoms with van der Waals surface area (Å²) in [5.74, 6) is -0.0495. The van der Waals surface area contributed by atoms with Crippen LogP contribution in [-0.2, 0) is 20.8 Å². The zero-order valence-corrected chi connectivity index (χ0v) is 17.2. The lowest BCUT2D eigenvalue weighted by Gasteiger charge is -2.32. The van der Waals surface area contributed by atoms with E-state index in [0.717, 1.165) is 12.0 Å². The quantitative estimate of drug-likeness (QED) is 0.799. The van der Waals surface area contributed by atoms with Gasteiger partial charge in [0.1, 0.15) is 0 Å². The van der Waals surface area contributed by atoms with Crippen LogP contribution in [0.15, 0.2) is 30.3 Å². The number of rotatable bonds is 3. The Morgan fingerprint density at radius 1 is 1.00 bits per heavy atom. The van der Waals surface area contributed by atoms with Crippen LogP contribution in [-0.4, -0.2) is 70.7 Å². The molecule has 152 valence electrons. The van der Waals surface area contributed by atoms with E-state index < -0.39 is 0 Å². The van der Waals surface area contributed by atoms with Crippen molar-refractivity contribution in [3.05, 3.63) is 35.9 Å². The Morgan fingerprint density at radius 3 is 2.29 bits per heavy atom. The van der Waals surface area contributed by atoms with Crippen LogP contribution in [0.25, 0.3) is 0 Å². The highest BCUT2D eigenvalue weighted by Gasteiger charge is 2.41. The van der Waals surface area contributed by atoms with Crippen molar-refractivity contribution < 1.29 is 14.4 Å². The number of hydrogen-bond acceptors (Lipinski definition) is 3. The molecule has 6 heteroatoms. The molecule has 2 aliphatic heterocycles. The highest BCUT2D eigenvalue weighted by atomic mass is 16.2. The third-order valence-corrected chi connectivity index (χ3v) is 5.64. The van der Waals surface area contributed by atoms with E-state index in [9.17, 15) is 14.4 Å². The van der Waals surface area contributed by atoms with Crippen LogP contribution < -0.4 is 0 Å². The third-order valence-electron chi connectivity index (χ3n) is 5.64. The standard InChI is InChI=1S/C22H31N3O3/c1-22(2,3)25-16-18(15-20(25)27)21(28)24-11-7-10-23(12-13-24)19(26)14-17-8-5-4-6-9-17/h4-6,8-9,18H,7,10-16H2,1-3H3. The second kappa shape index (κ2) is 8.33. The van der Waals surface area contributed by atoms with E-state index in [1.807, 2.05) is 65.8 Å². The molecule has 0 bridgehead atoms. The van der Waals surface area contributed by atoms with Gasteiger partial charge in [-0.25, -0.2) is 0 Å². The van der Waals surface area contributed by atoms with E-state index in [-0.39, 0.29) is 29.2 Å². The molecule has 0 aliphatic carbocycles. The lowest BCUT2D eigenvalue weighted by atomic mass is 10.1. The average molecular weight is 386 g/mol. The molecule has 0 N–H and O–H groups in total. The second-order valence-electron chi connectivity index (χ2n) is 8.80. The topological polar surface area (TPSA) is 60.9 Å². The van der Waals surface area contributed by atoms with Crippen molar-refractivity contribution in [3.8, 4) is 0 Å². The largest absolute Gasteiger partial charge is 0.341 e. The number of hydrogen-bond donors (Lipinski definition) is 0. The summed E-state index contributed by atoms with van der Waals surface area (Å²) < 4.78 is 0. The van der Waals surface area contributed by atoms with E-state index in [1.165, 1.54) is 0 Å². The fourth-order valence-corrected chi connectivity index (χ4v) is 4.05. The van der Waals surface area contributed by atoms with Crippen molar-refractivity contribution in [3.63, 3.8) is 0 Å². The number of benzene rings is 1. The first-order chi connectivity index (χ1) is 13.3. The molecule has 6 nitrogen and oxygen atoms in total. The lowest BCUT2D eigenvalue weighted by molar-refractivity contribution is -0.136. The molecule has 0 spiro atoms. The van der Waals surface area contributed by atoms with Crippen molar-refractivity contribution in [1.82, 2.24) is 14.7 Å². The Morgan fingerprint density at radius 2 is 1.64 bits per heavy atom. The molecule has 28 heavy (non-hydrogen) atoms. The van der Waals surface area contributed by atoms with Gasteiger partial charge in [-0.1, -0.05) is 30.3 Å². The predicted octanol–water partition coefficient (Wildman–Crippen LogP) is 1.94. The summed E-state index contributed by atoms with van der Waals surface area (Å²) in [7, 11) is 0. The summed E-state index contributed by atoms with van der Waals surface area (Å²) in [5.41, 5.74) is 0.752. The van der Waals surface area contributed by atoms with Crippen LogP contribution in [0, 0.1) is 5.92 Å². The molecular weight excluding hydrogens is 354 g/mol. The monoisotopic (exact) mass is 385 g/mol. The van der Waals surface area contributed by atoms with Gasteiger partial charge < -0.3 is 14.7 Å². The van der Waals surface area contributed by atoms with Crippen LogP contribution >= 0.6 is 0 Å². The molecule has 3 rings (SSSR count). The van der Waals surface area contributed by atoms with E-state index in [4.69, 9.17) is 0 Å². The van der Waals surface area contributed by atoms with E-state index in [0.29, 0.717) is 45.6 Å². The molecule has 0 radical (unpaired) electrons. The van der Waals surface area contributed by atoms with Crippen molar-refractivity contribution in [2.75, 3.05) is 32.7 Å². The van der Waals surface area contributed by atoms with Crippen molar-refractivity contribution in [2.24, 2.45) is 5.92 Å². The minimum absolute atomic E-state index is 0.0532. The molecule has 1 aromatic rings. The van der Waals surface area contributed by atoms with Crippen molar-refractivity contribution in [1.29, 1.82) is 0 Å². The zero-order chi connectivity index (χ0) is 20.3. The van der Waals surface area contributed by atoms with Gasteiger partial charge in [0, 0.05) is 44.7 Å². The van der Waals surface area contributed by atoms with Gasteiger partial charge in [-0.3, -0.25) is 14.4 Å². The average Bonchev–Trinajstić information content (AvgIpc) is 2.88. The fourth-order valence-electron chi connectivity index (χ4n) is 4.05. The molecule has 1 atom stereocenters. The first-order valence-electron chi connectivity index (χ1n) is 10.2. The number of carbonyl (C=O) groups excluding carboxylic acids is 3. The van der Waals surface area contributed by atoms with Gasteiger partial charge >= 0.3 is 0 Å². The van der Waals surface area contributed by atoms with Crippen LogP contribution in [0.2, 0.25) is 0 Å². The van der Waals surface area contributed by atoms with Gasteiger partial charge in [0.05, 0.1) is 12.3 Å². The molecule has 1 aromatic carbocycles. The summed E-state index contributed by atoms with van der Waals surface area (Å²) in [6, 6.07) is 9.75. The highest BCUT2D eigenvalue weighted by Crippen LogP contribution is 2.27. The lowest BCUT2D eigenvalue weighted by Crippen LogP contribution is -2.44. The molecule has 1 unspecified atom stereocenters. The molecule has 2 aliphatic rings. The smallest absolute Gasteiger partial charge is 0.228 e. The van der Waals surface area contributed by atoms with Crippen LogP contribution in [0.1, 0.15) is 39.2 Å². The number of likely N-dealkylation sites (tertiary alicyclic amines) is 1. The first kappa shape index (κ1) is 20.4. The Hall–Kier alpha value is -2.37. The Kier molecular flexibility index (Phi) is 6.06. The summed E-state index contributed by atoms with van der Waals surface area (Å²) in [5, 5.41) is 0. The molecule has 0 aromatic heterocycles. The molecular formula is C22H31N3O3. The minimum atomic E-state index is -0.265. The minimum Gasteiger partial charge on any atom is -0.341 e. The van der Waals surface area contributed by atoms with Crippen LogP contribution in [0.4, 0.5) is 0 Å². The molecule has 0 saturated carbocycles. The number of amides is 3. The number of nitrogens with zero attached hydrogens (tertiary/aromatic N) is 3. The van der Waals surface area contributed by atoms with Crippen LogP contribution in [0.5, 0.6) is 0 Å².